The Morgan fingerprint density at radius 2 is 1.93 bits per heavy atom. The van der Waals surface area contributed by atoms with Gasteiger partial charge in [-0.1, -0.05) is 49.6 Å². The fourth-order valence-electron chi connectivity index (χ4n) is 1.57. The fourth-order valence-corrected chi connectivity index (χ4v) is 1.57. The van der Waals surface area contributed by atoms with Crippen LogP contribution >= 0.6 is 0 Å². The number of hydrogen-bond acceptors (Lipinski definition) is 1. The van der Waals surface area contributed by atoms with E-state index in [1.807, 2.05) is 36.4 Å². The van der Waals surface area contributed by atoms with E-state index in [4.69, 9.17) is 4.42 Å². The molecule has 74 valence electrons. The number of fused-ring (bicyclic) bond motifs is 1. The highest BCUT2D eigenvalue weighted by molar-refractivity contribution is 5.90. The summed E-state index contributed by atoms with van der Waals surface area (Å²) in [7, 11) is 0. The monoisotopic (exact) mass is 196 g/mol. The van der Waals surface area contributed by atoms with Crippen LogP contribution in [0.5, 0.6) is 0 Å². The molecule has 0 aliphatic heterocycles. The minimum absolute atomic E-state index is 0.800. The molecule has 0 fully saturated rings. The first-order valence-corrected chi connectivity index (χ1v) is 4.80. The zero-order valence-corrected chi connectivity index (χ0v) is 8.44. The molecule has 0 N–H and O–H groups in total. The summed E-state index contributed by atoms with van der Waals surface area (Å²) in [6, 6.07) is 7.94. The van der Waals surface area contributed by atoms with E-state index < -0.39 is 0 Å². The van der Waals surface area contributed by atoms with Crippen LogP contribution in [0.2, 0.25) is 0 Å². The third kappa shape index (κ3) is 1.64. The molecule has 0 aliphatic rings. The van der Waals surface area contributed by atoms with Gasteiger partial charge in [0.05, 0.1) is 0 Å². The average Bonchev–Trinajstić information content (AvgIpc) is 2.64. The Hall–Kier alpha value is -2.02. The quantitative estimate of drug-likeness (QED) is 0.668. The van der Waals surface area contributed by atoms with Crippen molar-refractivity contribution in [3.63, 3.8) is 0 Å². The van der Waals surface area contributed by atoms with Crippen molar-refractivity contribution in [2.45, 2.75) is 0 Å². The topological polar surface area (TPSA) is 13.1 Å². The lowest BCUT2D eigenvalue weighted by atomic mass is 10.1. The van der Waals surface area contributed by atoms with Gasteiger partial charge in [0.25, 0.3) is 0 Å². The third-order valence-corrected chi connectivity index (χ3v) is 2.25. The number of allylic oxidation sites excluding steroid dienone is 2. The second-order valence-electron chi connectivity index (χ2n) is 3.18. The summed E-state index contributed by atoms with van der Waals surface area (Å²) in [6.45, 7) is 7.39. The van der Waals surface area contributed by atoms with Gasteiger partial charge in [-0.3, -0.25) is 0 Å². The molecule has 0 saturated heterocycles. The number of benzene rings is 1. The van der Waals surface area contributed by atoms with E-state index in [9.17, 15) is 0 Å². The predicted molar refractivity (Wildman–Crippen MR) is 65.5 cm³/mol. The molecule has 0 saturated carbocycles. The van der Waals surface area contributed by atoms with Crippen LogP contribution in [-0.2, 0) is 0 Å². The van der Waals surface area contributed by atoms with Gasteiger partial charge in [0.15, 0.2) is 0 Å². The van der Waals surface area contributed by atoms with Crippen molar-refractivity contribution in [3.05, 3.63) is 60.9 Å². The van der Waals surface area contributed by atoms with Gasteiger partial charge in [-0.05, 0) is 12.1 Å². The van der Waals surface area contributed by atoms with E-state index in [-0.39, 0.29) is 0 Å². The van der Waals surface area contributed by atoms with E-state index in [1.54, 1.807) is 12.2 Å². The first kappa shape index (κ1) is 9.53. The average molecular weight is 196 g/mol. The Morgan fingerprint density at radius 1 is 1.13 bits per heavy atom. The Balaban J connectivity index is 2.71. The van der Waals surface area contributed by atoms with Crippen LogP contribution in [-0.4, -0.2) is 0 Å². The highest BCUT2D eigenvalue weighted by Crippen LogP contribution is 2.27. The lowest BCUT2D eigenvalue weighted by Crippen LogP contribution is -1.71. The molecule has 2 rings (SSSR count). The van der Waals surface area contributed by atoms with E-state index in [0.717, 1.165) is 22.3 Å². The SMILES string of the molecule is C=C/C=C\c1c(C=C)oc2ccccc12. The maximum Gasteiger partial charge on any atom is 0.135 e. The van der Waals surface area contributed by atoms with E-state index in [2.05, 4.69) is 13.2 Å². The highest BCUT2D eigenvalue weighted by Gasteiger charge is 2.07. The van der Waals surface area contributed by atoms with Crippen LogP contribution in [0.3, 0.4) is 0 Å². The molecule has 0 radical (unpaired) electrons. The molecular formula is C14H12O. The van der Waals surface area contributed by atoms with Crippen LogP contribution in [0, 0.1) is 0 Å². The summed E-state index contributed by atoms with van der Waals surface area (Å²) >= 11 is 0. The fraction of sp³-hybridized carbons (Fsp3) is 0. The maximum atomic E-state index is 5.64. The van der Waals surface area contributed by atoms with Crippen molar-refractivity contribution in [2.24, 2.45) is 0 Å². The summed E-state index contributed by atoms with van der Waals surface area (Å²) in [5, 5.41) is 1.10. The molecule has 2 aromatic rings. The first-order valence-electron chi connectivity index (χ1n) is 4.80. The van der Waals surface area contributed by atoms with Crippen LogP contribution in [0.1, 0.15) is 11.3 Å². The van der Waals surface area contributed by atoms with E-state index in [1.165, 1.54) is 0 Å². The van der Waals surface area contributed by atoms with Gasteiger partial charge >= 0.3 is 0 Å². The van der Waals surface area contributed by atoms with E-state index >= 15 is 0 Å². The maximum absolute atomic E-state index is 5.64. The normalized spacial score (nSPS) is 10.9. The zero-order valence-electron chi connectivity index (χ0n) is 8.44. The molecule has 0 spiro atoms. The molecular weight excluding hydrogens is 184 g/mol. The molecule has 0 amide bonds. The van der Waals surface area contributed by atoms with Crippen LogP contribution in [0.25, 0.3) is 23.1 Å². The predicted octanol–water partition coefficient (Wildman–Crippen LogP) is 4.28. The number of furan rings is 1. The molecule has 1 aromatic carbocycles. The van der Waals surface area contributed by atoms with Crippen molar-refractivity contribution in [1.29, 1.82) is 0 Å². The van der Waals surface area contributed by atoms with Gasteiger partial charge in [-0.2, -0.15) is 0 Å². The standard InChI is InChI=1S/C14H12O/c1-3-5-8-11-12-9-6-7-10-14(12)15-13(11)4-2/h3-10H,1-2H2/b8-5-. The number of rotatable bonds is 3. The molecule has 0 aliphatic carbocycles. The van der Waals surface area contributed by atoms with Crippen molar-refractivity contribution < 1.29 is 4.42 Å². The van der Waals surface area contributed by atoms with Gasteiger partial charge in [0, 0.05) is 10.9 Å². The summed E-state index contributed by atoms with van der Waals surface area (Å²) < 4.78 is 5.64. The highest BCUT2D eigenvalue weighted by atomic mass is 16.3. The molecule has 1 aromatic heterocycles. The summed E-state index contributed by atoms with van der Waals surface area (Å²) in [6.07, 6.45) is 7.34. The van der Waals surface area contributed by atoms with Gasteiger partial charge in [-0.25, -0.2) is 0 Å². The third-order valence-electron chi connectivity index (χ3n) is 2.25. The molecule has 0 atom stereocenters. The Kier molecular flexibility index (Phi) is 2.55. The van der Waals surface area contributed by atoms with Crippen molar-refractivity contribution in [2.75, 3.05) is 0 Å². The summed E-state index contributed by atoms with van der Waals surface area (Å²) in [5.41, 5.74) is 1.94. The smallest absolute Gasteiger partial charge is 0.135 e. The number of hydrogen-bond donors (Lipinski definition) is 0. The second-order valence-corrected chi connectivity index (χ2v) is 3.18. The Labute approximate surface area is 89.0 Å². The molecule has 15 heavy (non-hydrogen) atoms. The summed E-state index contributed by atoms with van der Waals surface area (Å²) in [4.78, 5) is 0. The summed E-state index contributed by atoms with van der Waals surface area (Å²) in [5.74, 6) is 0.800. The minimum Gasteiger partial charge on any atom is -0.456 e. The van der Waals surface area contributed by atoms with Gasteiger partial charge < -0.3 is 4.42 Å². The molecule has 1 heteroatoms. The zero-order chi connectivity index (χ0) is 10.7. The Bertz CT molecular complexity index is 529. The second kappa shape index (κ2) is 4.01. The van der Waals surface area contributed by atoms with Gasteiger partial charge in [0.2, 0.25) is 0 Å². The van der Waals surface area contributed by atoms with Crippen molar-refractivity contribution in [1.82, 2.24) is 0 Å². The van der Waals surface area contributed by atoms with Crippen LogP contribution in [0.15, 0.2) is 54.0 Å². The lowest BCUT2D eigenvalue weighted by Gasteiger charge is -1.89. The molecule has 1 heterocycles. The van der Waals surface area contributed by atoms with E-state index in [0.29, 0.717) is 0 Å². The molecule has 0 unspecified atom stereocenters. The largest absolute Gasteiger partial charge is 0.456 e. The Morgan fingerprint density at radius 3 is 2.67 bits per heavy atom. The first-order chi connectivity index (χ1) is 7.36. The minimum atomic E-state index is 0.800. The number of para-hydroxylation sites is 1. The molecule has 1 nitrogen and oxygen atoms in total. The van der Waals surface area contributed by atoms with Crippen LogP contribution in [0.4, 0.5) is 0 Å². The van der Waals surface area contributed by atoms with Gasteiger partial charge in [-0.15, -0.1) is 0 Å². The van der Waals surface area contributed by atoms with Crippen LogP contribution < -0.4 is 0 Å². The lowest BCUT2D eigenvalue weighted by molar-refractivity contribution is 0.603. The van der Waals surface area contributed by atoms with Crippen molar-refractivity contribution in [3.8, 4) is 0 Å². The van der Waals surface area contributed by atoms with Crippen molar-refractivity contribution >= 4 is 23.1 Å². The van der Waals surface area contributed by atoms with Gasteiger partial charge in [0.1, 0.15) is 11.3 Å². The molecule has 0 bridgehead atoms.